The summed E-state index contributed by atoms with van der Waals surface area (Å²) in [4.78, 5) is 24.0. The molecule has 0 spiro atoms. The lowest BCUT2D eigenvalue weighted by Gasteiger charge is -2.20. The lowest BCUT2D eigenvalue weighted by Crippen LogP contribution is -2.47. The van der Waals surface area contributed by atoms with Crippen LogP contribution in [0.2, 0.25) is 0 Å². The highest BCUT2D eigenvalue weighted by molar-refractivity contribution is 5.95. The third kappa shape index (κ3) is 5.35. The molecule has 5 heteroatoms. The molecule has 0 radical (unpaired) electrons. The van der Waals surface area contributed by atoms with Crippen molar-refractivity contribution in [1.29, 1.82) is 0 Å². The van der Waals surface area contributed by atoms with Crippen LogP contribution < -0.4 is 15.6 Å². The Kier molecular flexibility index (Phi) is 5.80. The first-order valence-corrected chi connectivity index (χ1v) is 8.20. The van der Waals surface area contributed by atoms with E-state index in [0.29, 0.717) is 11.3 Å². The highest BCUT2D eigenvalue weighted by Gasteiger charge is 2.17. The Balaban J connectivity index is 1.87. The van der Waals surface area contributed by atoms with Crippen LogP contribution in [0.1, 0.15) is 43.6 Å². The van der Waals surface area contributed by atoms with Gasteiger partial charge in [0, 0.05) is 5.56 Å². The minimum absolute atomic E-state index is 0.0588. The summed E-state index contributed by atoms with van der Waals surface area (Å²) in [6.07, 6.45) is -0.739. The number of ether oxygens (including phenoxy) is 1. The molecule has 25 heavy (non-hydrogen) atoms. The van der Waals surface area contributed by atoms with Gasteiger partial charge >= 0.3 is 0 Å². The van der Waals surface area contributed by atoms with Gasteiger partial charge in [-0.25, -0.2) is 0 Å². The molecule has 0 unspecified atom stereocenters. The zero-order valence-corrected chi connectivity index (χ0v) is 15.0. The van der Waals surface area contributed by atoms with Crippen LogP contribution in [0.3, 0.4) is 0 Å². The van der Waals surface area contributed by atoms with Crippen LogP contribution in [0.15, 0.2) is 54.6 Å². The van der Waals surface area contributed by atoms with E-state index in [1.165, 1.54) is 5.56 Å². The third-order valence-corrected chi connectivity index (χ3v) is 3.74. The molecule has 0 aliphatic carbocycles. The van der Waals surface area contributed by atoms with Gasteiger partial charge in [0.05, 0.1) is 0 Å². The average Bonchev–Trinajstić information content (AvgIpc) is 2.59. The first-order valence-electron chi connectivity index (χ1n) is 8.20. The van der Waals surface area contributed by atoms with Crippen molar-refractivity contribution in [2.45, 2.75) is 39.2 Å². The quantitative estimate of drug-likeness (QED) is 0.840. The molecule has 0 saturated carbocycles. The lowest BCUT2D eigenvalue weighted by molar-refractivity contribution is -0.128. The molecular weight excluding hydrogens is 316 g/mol. The average molecular weight is 340 g/mol. The molecule has 0 saturated heterocycles. The normalized spacial score (nSPS) is 12.2. The smallest absolute Gasteiger partial charge is 0.279 e. The minimum Gasteiger partial charge on any atom is -0.481 e. The fourth-order valence-corrected chi connectivity index (χ4v) is 2.17. The van der Waals surface area contributed by atoms with Gasteiger partial charge in [0.2, 0.25) is 0 Å². The van der Waals surface area contributed by atoms with Gasteiger partial charge in [-0.05, 0) is 42.2 Å². The Morgan fingerprint density at radius 3 is 2.08 bits per heavy atom. The van der Waals surface area contributed by atoms with Crippen LogP contribution in [-0.2, 0) is 10.2 Å². The molecule has 0 bridgehead atoms. The Bertz CT molecular complexity index is 719. The second-order valence-electron chi connectivity index (χ2n) is 6.84. The van der Waals surface area contributed by atoms with Crippen molar-refractivity contribution in [3.05, 3.63) is 65.7 Å². The van der Waals surface area contributed by atoms with Crippen LogP contribution in [0, 0.1) is 0 Å². The van der Waals surface area contributed by atoms with Gasteiger partial charge < -0.3 is 4.74 Å². The van der Waals surface area contributed by atoms with Gasteiger partial charge in [-0.15, -0.1) is 0 Å². The van der Waals surface area contributed by atoms with E-state index in [4.69, 9.17) is 4.74 Å². The highest BCUT2D eigenvalue weighted by Crippen LogP contribution is 2.24. The number of amides is 2. The molecule has 1 atom stereocenters. The Morgan fingerprint density at radius 2 is 1.52 bits per heavy atom. The molecule has 0 fully saturated rings. The topological polar surface area (TPSA) is 67.4 Å². The van der Waals surface area contributed by atoms with Crippen molar-refractivity contribution in [2.24, 2.45) is 0 Å². The zero-order chi connectivity index (χ0) is 18.4. The van der Waals surface area contributed by atoms with Crippen molar-refractivity contribution in [2.75, 3.05) is 0 Å². The Labute approximate surface area is 148 Å². The predicted octanol–water partition coefficient (Wildman–Crippen LogP) is 3.21. The van der Waals surface area contributed by atoms with Crippen LogP contribution in [0.25, 0.3) is 0 Å². The number of nitrogens with one attached hydrogen (secondary N) is 2. The largest absolute Gasteiger partial charge is 0.481 e. The summed E-state index contributed by atoms with van der Waals surface area (Å²) in [5.74, 6) is -0.204. The van der Waals surface area contributed by atoms with E-state index in [1.807, 2.05) is 30.3 Å². The second kappa shape index (κ2) is 7.83. The second-order valence-corrected chi connectivity index (χ2v) is 6.84. The monoisotopic (exact) mass is 340 g/mol. The van der Waals surface area contributed by atoms with Crippen LogP contribution in [0.5, 0.6) is 5.75 Å². The van der Waals surface area contributed by atoms with E-state index in [0.717, 1.165) is 0 Å². The Morgan fingerprint density at radius 1 is 0.920 bits per heavy atom. The van der Waals surface area contributed by atoms with Crippen molar-refractivity contribution >= 4 is 11.8 Å². The van der Waals surface area contributed by atoms with E-state index in [-0.39, 0.29) is 11.3 Å². The SMILES string of the molecule is C[C@@H](Oc1ccc(C(C)(C)C)cc1)C(=O)NNC(=O)c1ccccc1. The highest BCUT2D eigenvalue weighted by atomic mass is 16.5. The third-order valence-electron chi connectivity index (χ3n) is 3.74. The van der Waals surface area contributed by atoms with Crippen molar-refractivity contribution < 1.29 is 14.3 Å². The first-order chi connectivity index (χ1) is 11.8. The number of rotatable bonds is 4. The Hall–Kier alpha value is -2.82. The molecule has 2 aromatic carbocycles. The van der Waals surface area contributed by atoms with Gasteiger partial charge in [-0.1, -0.05) is 51.1 Å². The fourth-order valence-electron chi connectivity index (χ4n) is 2.17. The van der Waals surface area contributed by atoms with Gasteiger partial charge in [-0.2, -0.15) is 0 Å². The summed E-state index contributed by atoms with van der Waals surface area (Å²) in [6, 6.07) is 16.3. The number of carbonyl (C=O) groups is 2. The molecular formula is C20H24N2O3. The molecule has 132 valence electrons. The molecule has 2 amide bonds. The van der Waals surface area contributed by atoms with Gasteiger partial charge in [-0.3, -0.25) is 20.4 Å². The molecule has 0 heterocycles. The van der Waals surface area contributed by atoms with E-state index in [9.17, 15) is 9.59 Å². The van der Waals surface area contributed by atoms with Crippen LogP contribution >= 0.6 is 0 Å². The van der Waals surface area contributed by atoms with E-state index in [2.05, 4.69) is 31.6 Å². The number of hydrazine groups is 1. The standard InChI is InChI=1S/C20H24N2O3/c1-14(25-17-12-10-16(11-13-17)20(2,3)4)18(23)21-22-19(24)15-8-6-5-7-9-15/h5-14H,1-4H3,(H,21,23)(H,22,24)/t14-/m1/s1. The molecule has 5 nitrogen and oxygen atoms in total. The predicted molar refractivity (Wildman–Crippen MR) is 97.3 cm³/mol. The first kappa shape index (κ1) is 18.5. The summed E-state index contributed by atoms with van der Waals surface area (Å²) in [5.41, 5.74) is 6.46. The molecule has 0 aliphatic heterocycles. The summed E-state index contributed by atoms with van der Waals surface area (Å²) in [5, 5.41) is 0. The van der Waals surface area contributed by atoms with E-state index < -0.39 is 12.0 Å². The summed E-state index contributed by atoms with van der Waals surface area (Å²) >= 11 is 0. The minimum atomic E-state index is -0.739. The molecule has 2 aromatic rings. The van der Waals surface area contributed by atoms with Crippen molar-refractivity contribution in [1.82, 2.24) is 10.9 Å². The number of benzene rings is 2. The van der Waals surface area contributed by atoms with Gasteiger partial charge in [0.1, 0.15) is 5.75 Å². The molecule has 2 N–H and O–H groups in total. The molecule has 0 aromatic heterocycles. The lowest BCUT2D eigenvalue weighted by atomic mass is 9.87. The number of hydrogen-bond donors (Lipinski definition) is 2. The maximum atomic E-state index is 12.1. The van der Waals surface area contributed by atoms with Crippen LogP contribution in [-0.4, -0.2) is 17.9 Å². The number of carbonyl (C=O) groups excluding carboxylic acids is 2. The maximum Gasteiger partial charge on any atom is 0.279 e. The fraction of sp³-hybridized carbons (Fsp3) is 0.300. The van der Waals surface area contributed by atoms with Gasteiger partial charge in [0.25, 0.3) is 11.8 Å². The summed E-state index contributed by atoms with van der Waals surface area (Å²) < 4.78 is 5.62. The molecule has 2 rings (SSSR count). The maximum absolute atomic E-state index is 12.1. The van der Waals surface area contributed by atoms with Gasteiger partial charge in [0.15, 0.2) is 6.10 Å². The van der Waals surface area contributed by atoms with E-state index >= 15 is 0 Å². The summed E-state index contributed by atoms with van der Waals surface area (Å²) in [7, 11) is 0. The summed E-state index contributed by atoms with van der Waals surface area (Å²) in [6.45, 7) is 8.03. The molecule has 0 aliphatic rings. The zero-order valence-electron chi connectivity index (χ0n) is 15.0. The van der Waals surface area contributed by atoms with Crippen molar-refractivity contribution in [3.8, 4) is 5.75 Å². The van der Waals surface area contributed by atoms with Crippen LogP contribution in [0.4, 0.5) is 0 Å². The van der Waals surface area contributed by atoms with Crippen molar-refractivity contribution in [3.63, 3.8) is 0 Å². The number of hydrogen-bond acceptors (Lipinski definition) is 3. The van der Waals surface area contributed by atoms with E-state index in [1.54, 1.807) is 31.2 Å².